The maximum Gasteiger partial charge on any atom is 0.215 e. The number of pyridine rings is 1. The third-order valence-electron chi connectivity index (χ3n) is 1.76. The van der Waals surface area contributed by atoms with E-state index >= 15 is 0 Å². The molecule has 0 fully saturated rings. The highest BCUT2D eigenvalue weighted by molar-refractivity contribution is 5.31. The minimum Gasteiger partial charge on any atom is -0.475 e. The maximum atomic E-state index is 5.54. The first-order valence-electron chi connectivity index (χ1n) is 4.61. The van der Waals surface area contributed by atoms with Gasteiger partial charge in [0.15, 0.2) is 0 Å². The molecule has 0 aliphatic rings. The van der Waals surface area contributed by atoms with E-state index in [4.69, 9.17) is 10.5 Å². The lowest BCUT2D eigenvalue weighted by atomic mass is 10.2. The van der Waals surface area contributed by atoms with E-state index in [9.17, 15) is 0 Å². The molecule has 0 bridgehead atoms. The summed E-state index contributed by atoms with van der Waals surface area (Å²) < 4.78 is 5.54. The third-order valence-corrected chi connectivity index (χ3v) is 1.76. The van der Waals surface area contributed by atoms with Gasteiger partial charge in [0.1, 0.15) is 5.82 Å². The number of rotatable bonds is 4. The lowest BCUT2D eigenvalue weighted by molar-refractivity contribution is 0.202. The zero-order valence-electron chi connectivity index (χ0n) is 8.16. The van der Waals surface area contributed by atoms with Crippen molar-refractivity contribution in [2.45, 2.75) is 32.8 Å². The number of nitrogen functional groups attached to an aromatic ring is 1. The van der Waals surface area contributed by atoms with E-state index in [1.54, 1.807) is 6.07 Å². The Morgan fingerprint density at radius 2 is 2.31 bits per heavy atom. The minimum atomic E-state index is 0.208. The van der Waals surface area contributed by atoms with Crippen molar-refractivity contribution in [3.05, 3.63) is 18.2 Å². The van der Waals surface area contributed by atoms with Crippen molar-refractivity contribution in [3.63, 3.8) is 0 Å². The SMILES string of the molecule is CCCC(C)Oc1cccc(N)n1. The third kappa shape index (κ3) is 3.32. The molecule has 2 N–H and O–H groups in total. The standard InChI is InChI=1S/C10H16N2O/c1-3-5-8(2)13-10-7-4-6-9(11)12-10/h4,6-8H,3,5H2,1-2H3,(H2,11,12). The first-order valence-corrected chi connectivity index (χ1v) is 4.61. The zero-order chi connectivity index (χ0) is 9.68. The number of aromatic nitrogens is 1. The maximum absolute atomic E-state index is 5.54. The van der Waals surface area contributed by atoms with Gasteiger partial charge in [0, 0.05) is 6.07 Å². The van der Waals surface area contributed by atoms with E-state index < -0.39 is 0 Å². The van der Waals surface area contributed by atoms with Gasteiger partial charge in [-0.05, 0) is 19.4 Å². The molecule has 1 aromatic heterocycles. The normalized spacial score (nSPS) is 12.5. The van der Waals surface area contributed by atoms with Crippen LogP contribution in [0.25, 0.3) is 0 Å². The van der Waals surface area contributed by atoms with Crippen LogP contribution >= 0.6 is 0 Å². The van der Waals surface area contributed by atoms with Crippen LogP contribution in [0.4, 0.5) is 5.82 Å². The van der Waals surface area contributed by atoms with Crippen molar-refractivity contribution in [1.29, 1.82) is 0 Å². The molecule has 1 rings (SSSR count). The topological polar surface area (TPSA) is 48.1 Å². The molecular weight excluding hydrogens is 164 g/mol. The van der Waals surface area contributed by atoms with Crippen LogP contribution in [0.2, 0.25) is 0 Å². The Hall–Kier alpha value is -1.25. The fraction of sp³-hybridized carbons (Fsp3) is 0.500. The summed E-state index contributed by atoms with van der Waals surface area (Å²) in [6.45, 7) is 4.17. The van der Waals surface area contributed by atoms with Crippen LogP contribution in [0.15, 0.2) is 18.2 Å². The van der Waals surface area contributed by atoms with Crippen molar-refractivity contribution >= 4 is 5.82 Å². The monoisotopic (exact) mass is 180 g/mol. The van der Waals surface area contributed by atoms with E-state index in [2.05, 4.69) is 11.9 Å². The Labute approximate surface area is 78.9 Å². The summed E-state index contributed by atoms with van der Waals surface area (Å²) in [5.41, 5.74) is 5.52. The second-order valence-corrected chi connectivity index (χ2v) is 3.12. The summed E-state index contributed by atoms with van der Waals surface area (Å²) in [6, 6.07) is 5.41. The van der Waals surface area contributed by atoms with Crippen molar-refractivity contribution in [1.82, 2.24) is 4.98 Å². The van der Waals surface area contributed by atoms with Crippen LogP contribution in [0, 0.1) is 0 Å². The minimum absolute atomic E-state index is 0.208. The van der Waals surface area contributed by atoms with Crippen LogP contribution in [-0.4, -0.2) is 11.1 Å². The Bertz CT molecular complexity index is 263. The van der Waals surface area contributed by atoms with Gasteiger partial charge < -0.3 is 10.5 Å². The van der Waals surface area contributed by atoms with E-state index in [0.717, 1.165) is 12.8 Å². The number of hydrogen-bond donors (Lipinski definition) is 1. The number of nitrogens with zero attached hydrogens (tertiary/aromatic N) is 1. The molecule has 0 amide bonds. The highest BCUT2D eigenvalue weighted by atomic mass is 16.5. The summed E-state index contributed by atoms with van der Waals surface area (Å²) in [5, 5.41) is 0. The van der Waals surface area contributed by atoms with Gasteiger partial charge in [-0.25, -0.2) is 0 Å². The molecule has 3 heteroatoms. The van der Waals surface area contributed by atoms with E-state index in [-0.39, 0.29) is 6.10 Å². The number of ether oxygens (including phenoxy) is 1. The van der Waals surface area contributed by atoms with Gasteiger partial charge in [0.25, 0.3) is 0 Å². The predicted octanol–water partition coefficient (Wildman–Crippen LogP) is 2.23. The van der Waals surface area contributed by atoms with Gasteiger partial charge in [-0.15, -0.1) is 0 Å². The van der Waals surface area contributed by atoms with E-state index in [0.29, 0.717) is 11.7 Å². The fourth-order valence-electron chi connectivity index (χ4n) is 1.17. The Balaban J connectivity index is 2.53. The first kappa shape index (κ1) is 9.84. The average Bonchev–Trinajstić information content (AvgIpc) is 2.04. The highest BCUT2D eigenvalue weighted by Gasteiger charge is 2.02. The van der Waals surface area contributed by atoms with Crippen LogP contribution < -0.4 is 10.5 Å². The van der Waals surface area contributed by atoms with Gasteiger partial charge in [0.05, 0.1) is 6.10 Å². The molecule has 1 aromatic rings. The summed E-state index contributed by atoms with van der Waals surface area (Å²) in [6.07, 6.45) is 2.36. The van der Waals surface area contributed by atoms with Crippen LogP contribution in [0.3, 0.4) is 0 Å². The molecular formula is C10H16N2O. The quantitative estimate of drug-likeness (QED) is 0.773. The lowest BCUT2D eigenvalue weighted by Crippen LogP contribution is -2.12. The highest BCUT2D eigenvalue weighted by Crippen LogP contribution is 2.12. The van der Waals surface area contributed by atoms with Crippen LogP contribution in [-0.2, 0) is 0 Å². The van der Waals surface area contributed by atoms with Crippen LogP contribution in [0.5, 0.6) is 5.88 Å². The number of anilines is 1. The Morgan fingerprint density at radius 1 is 1.54 bits per heavy atom. The summed E-state index contributed by atoms with van der Waals surface area (Å²) >= 11 is 0. The molecule has 13 heavy (non-hydrogen) atoms. The average molecular weight is 180 g/mol. The smallest absolute Gasteiger partial charge is 0.215 e. The summed E-state index contributed by atoms with van der Waals surface area (Å²) in [5.74, 6) is 1.11. The molecule has 0 saturated heterocycles. The largest absolute Gasteiger partial charge is 0.475 e. The van der Waals surface area contributed by atoms with Crippen molar-refractivity contribution in [2.75, 3.05) is 5.73 Å². The molecule has 72 valence electrons. The zero-order valence-corrected chi connectivity index (χ0v) is 8.16. The van der Waals surface area contributed by atoms with Crippen molar-refractivity contribution in [2.24, 2.45) is 0 Å². The van der Waals surface area contributed by atoms with E-state index in [1.165, 1.54) is 0 Å². The molecule has 0 aromatic carbocycles. The summed E-state index contributed by atoms with van der Waals surface area (Å²) in [7, 11) is 0. The molecule has 0 aliphatic heterocycles. The molecule has 0 saturated carbocycles. The molecule has 1 atom stereocenters. The molecule has 0 spiro atoms. The number of nitrogens with two attached hydrogens (primary N) is 1. The van der Waals surface area contributed by atoms with E-state index in [1.807, 2.05) is 19.1 Å². The molecule has 0 radical (unpaired) electrons. The second-order valence-electron chi connectivity index (χ2n) is 3.12. The van der Waals surface area contributed by atoms with Gasteiger partial charge in [-0.1, -0.05) is 19.4 Å². The Morgan fingerprint density at radius 3 is 2.92 bits per heavy atom. The summed E-state index contributed by atoms with van der Waals surface area (Å²) in [4.78, 5) is 4.05. The van der Waals surface area contributed by atoms with Crippen molar-refractivity contribution < 1.29 is 4.74 Å². The predicted molar refractivity (Wildman–Crippen MR) is 53.6 cm³/mol. The van der Waals surface area contributed by atoms with Gasteiger partial charge in [-0.2, -0.15) is 4.98 Å². The van der Waals surface area contributed by atoms with Gasteiger partial charge in [-0.3, -0.25) is 0 Å². The van der Waals surface area contributed by atoms with Gasteiger partial charge >= 0.3 is 0 Å². The molecule has 3 nitrogen and oxygen atoms in total. The fourth-order valence-corrected chi connectivity index (χ4v) is 1.17. The molecule has 1 heterocycles. The molecule has 1 unspecified atom stereocenters. The van der Waals surface area contributed by atoms with Gasteiger partial charge in [0.2, 0.25) is 5.88 Å². The lowest BCUT2D eigenvalue weighted by Gasteiger charge is -2.12. The first-order chi connectivity index (χ1) is 6.22. The van der Waals surface area contributed by atoms with Crippen LogP contribution in [0.1, 0.15) is 26.7 Å². The Kier molecular flexibility index (Phi) is 3.55. The molecule has 0 aliphatic carbocycles. The number of hydrogen-bond acceptors (Lipinski definition) is 3. The second kappa shape index (κ2) is 4.70. The van der Waals surface area contributed by atoms with Crippen molar-refractivity contribution in [3.8, 4) is 5.88 Å².